The number of morpholine rings is 1. The highest BCUT2D eigenvalue weighted by Gasteiger charge is 2.20. The first-order chi connectivity index (χ1) is 16.1. The van der Waals surface area contributed by atoms with Crippen LogP contribution in [0.1, 0.15) is 16.2 Å². The number of fused-ring (bicyclic) bond motifs is 1. The molecule has 1 aliphatic heterocycles. The molecule has 3 aromatic rings. The number of hydrogen-bond acceptors (Lipinski definition) is 8. The number of carbonyl (C=O) groups excluding carboxylic acids is 2. The Morgan fingerprint density at radius 1 is 1.09 bits per heavy atom. The van der Waals surface area contributed by atoms with Crippen LogP contribution in [0.4, 0.5) is 5.69 Å². The maximum absolute atomic E-state index is 13.0. The number of para-hydroxylation sites is 2. The molecule has 0 N–H and O–H groups in total. The summed E-state index contributed by atoms with van der Waals surface area (Å²) < 4.78 is 10.3. The highest BCUT2D eigenvalue weighted by molar-refractivity contribution is 8.00. The van der Waals surface area contributed by atoms with E-state index >= 15 is 0 Å². The number of hydrogen-bond donors (Lipinski definition) is 0. The van der Waals surface area contributed by atoms with E-state index in [0.717, 1.165) is 34.8 Å². The molecule has 2 aromatic carbocycles. The summed E-state index contributed by atoms with van der Waals surface area (Å²) in [5, 5.41) is 1.69. The van der Waals surface area contributed by atoms with Crippen LogP contribution < -0.4 is 4.90 Å². The van der Waals surface area contributed by atoms with Crippen LogP contribution >= 0.6 is 11.8 Å². The van der Waals surface area contributed by atoms with Gasteiger partial charge in [-0.1, -0.05) is 42.1 Å². The van der Waals surface area contributed by atoms with Gasteiger partial charge in [-0.15, -0.1) is 0 Å². The van der Waals surface area contributed by atoms with Crippen molar-refractivity contribution in [3.8, 4) is 0 Å². The van der Waals surface area contributed by atoms with Crippen molar-refractivity contribution in [2.45, 2.75) is 11.6 Å². The van der Waals surface area contributed by atoms with Crippen LogP contribution in [0, 0.1) is 0 Å². The fourth-order valence-electron chi connectivity index (χ4n) is 3.64. The number of nitrogens with zero attached hydrogens (tertiary/aromatic N) is 4. The smallest absolute Gasteiger partial charge is 0.339 e. The molecule has 1 amide bonds. The van der Waals surface area contributed by atoms with Gasteiger partial charge in [0.25, 0.3) is 0 Å². The predicted molar refractivity (Wildman–Crippen MR) is 128 cm³/mol. The molecule has 4 rings (SSSR count). The van der Waals surface area contributed by atoms with Crippen LogP contribution in [0.5, 0.6) is 0 Å². The zero-order valence-corrected chi connectivity index (χ0v) is 19.5. The minimum atomic E-state index is -0.479. The number of ether oxygens (including phenoxy) is 2. The van der Waals surface area contributed by atoms with Crippen LogP contribution in [0.15, 0.2) is 53.6 Å². The third kappa shape index (κ3) is 5.50. The second-order valence-corrected chi connectivity index (χ2v) is 8.56. The first-order valence-corrected chi connectivity index (χ1v) is 11.7. The van der Waals surface area contributed by atoms with Gasteiger partial charge in [-0.25, -0.2) is 14.8 Å². The normalized spacial score (nSPS) is 14.2. The molecule has 2 heterocycles. The lowest BCUT2D eigenvalue weighted by Crippen LogP contribution is -2.36. The predicted octanol–water partition coefficient (Wildman–Crippen LogP) is 3.00. The van der Waals surface area contributed by atoms with Gasteiger partial charge in [0.05, 0.1) is 49.4 Å². The van der Waals surface area contributed by atoms with Crippen molar-refractivity contribution in [1.82, 2.24) is 14.9 Å². The highest BCUT2D eigenvalue weighted by atomic mass is 32.2. The average Bonchev–Trinajstić information content (AvgIpc) is 2.86. The first kappa shape index (κ1) is 23.2. The van der Waals surface area contributed by atoms with Crippen LogP contribution in [0.25, 0.3) is 10.9 Å². The van der Waals surface area contributed by atoms with Gasteiger partial charge in [0.1, 0.15) is 10.9 Å². The Morgan fingerprint density at radius 3 is 2.61 bits per heavy atom. The molecule has 172 valence electrons. The van der Waals surface area contributed by atoms with Crippen molar-refractivity contribution >= 4 is 40.2 Å². The number of amides is 1. The number of carbonyl (C=O) groups is 2. The molecule has 0 saturated carbocycles. The molecule has 0 spiro atoms. The highest BCUT2D eigenvalue weighted by Crippen LogP contribution is 2.27. The Labute approximate surface area is 196 Å². The molecule has 0 bridgehead atoms. The fourth-order valence-corrected chi connectivity index (χ4v) is 4.60. The molecule has 1 saturated heterocycles. The lowest BCUT2D eigenvalue weighted by molar-refractivity contribution is -0.115. The molecule has 9 heteroatoms. The molecule has 33 heavy (non-hydrogen) atoms. The van der Waals surface area contributed by atoms with Crippen molar-refractivity contribution < 1.29 is 19.1 Å². The maximum atomic E-state index is 13.0. The van der Waals surface area contributed by atoms with Gasteiger partial charge >= 0.3 is 5.97 Å². The van der Waals surface area contributed by atoms with E-state index in [1.165, 1.54) is 23.8 Å². The largest absolute Gasteiger partial charge is 0.465 e. The summed E-state index contributed by atoms with van der Waals surface area (Å²) in [4.78, 5) is 38.4. The summed E-state index contributed by atoms with van der Waals surface area (Å²) in [6.07, 6.45) is 0. The number of benzene rings is 2. The lowest BCUT2D eigenvalue weighted by atomic mass is 10.1. The third-order valence-corrected chi connectivity index (χ3v) is 6.44. The van der Waals surface area contributed by atoms with E-state index in [-0.39, 0.29) is 11.7 Å². The number of aromatic nitrogens is 2. The zero-order valence-electron chi connectivity index (χ0n) is 18.7. The molecule has 0 atom stereocenters. The summed E-state index contributed by atoms with van der Waals surface area (Å²) in [7, 11) is 2.98. The van der Waals surface area contributed by atoms with Crippen molar-refractivity contribution in [3.05, 3.63) is 59.9 Å². The molecule has 8 nitrogen and oxygen atoms in total. The van der Waals surface area contributed by atoms with Gasteiger partial charge in [0.2, 0.25) is 5.91 Å². The van der Waals surface area contributed by atoms with Crippen LogP contribution in [-0.2, 0) is 20.8 Å². The van der Waals surface area contributed by atoms with Crippen molar-refractivity contribution in [1.29, 1.82) is 0 Å². The second kappa shape index (κ2) is 10.7. The van der Waals surface area contributed by atoms with Crippen molar-refractivity contribution in [3.63, 3.8) is 0 Å². The van der Waals surface area contributed by atoms with Crippen LogP contribution in [-0.4, -0.2) is 73.0 Å². The summed E-state index contributed by atoms with van der Waals surface area (Å²) in [5.74, 6) is 0.278. The van der Waals surface area contributed by atoms with E-state index in [2.05, 4.69) is 4.90 Å². The number of thioether (sulfide) groups is 1. The van der Waals surface area contributed by atoms with Gasteiger partial charge < -0.3 is 14.4 Å². The van der Waals surface area contributed by atoms with Gasteiger partial charge in [0.15, 0.2) is 0 Å². The minimum Gasteiger partial charge on any atom is -0.465 e. The van der Waals surface area contributed by atoms with Crippen LogP contribution in [0.2, 0.25) is 0 Å². The Hall–Kier alpha value is -3.01. The van der Waals surface area contributed by atoms with Crippen LogP contribution in [0.3, 0.4) is 0 Å². The number of rotatable bonds is 7. The SMILES string of the molecule is COC(=O)c1ccccc1N(C)C(=O)CSc1nc(CN2CCOCC2)nc2ccccc12. The summed E-state index contributed by atoms with van der Waals surface area (Å²) in [6.45, 7) is 3.76. The average molecular weight is 467 g/mol. The maximum Gasteiger partial charge on any atom is 0.339 e. The minimum absolute atomic E-state index is 0.145. The zero-order chi connectivity index (χ0) is 23.2. The molecule has 1 aromatic heterocycles. The molecular formula is C24H26N4O4S. The topological polar surface area (TPSA) is 84.9 Å². The molecule has 0 unspecified atom stereocenters. The standard InChI is InChI=1S/C24H26N4O4S/c1-27(20-10-6-4-8-18(20)24(30)31-2)22(29)16-33-23-17-7-3-5-9-19(17)25-21(26-23)15-28-11-13-32-14-12-28/h3-10H,11-16H2,1-2H3. The van der Waals surface area contributed by atoms with E-state index in [0.29, 0.717) is 31.0 Å². The van der Waals surface area contributed by atoms with Gasteiger partial charge in [-0.2, -0.15) is 0 Å². The number of methoxy groups -OCH3 is 1. The summed E-state index contributed by atoms with van der Waals surface area (Å²) >= 11 is 1.38. The van der Waals surface area contributed by atoms with Crippen molar-refractivity contribution in [2.75, 3.05) is 51.1 Å². The first-order valence-electron chi connectivity index (χ1n) is 10.7. The fraction of sp³-hybridized carbons (Fsp3) is 0.333. The van der Waals surface area contributed by atoms with Gasteiger partial charge in [-0.3, -0.25) is 9.69 Å². The lowest BCUT2D eigenvalue weighted by Gasteiger charge is -2.26. The molecule has 0 radical (unpaired) electrons. The molecule has 1 aliphatic rings. The summed E-state index contributed by atoms with van der Waals surface area (Å²) in [6, 6.07) is 14.7. The summed E-state index contributed by atoms with van der Waals surface area (Å²) in [5.41, 5.74) is 1.71. The van der Waals surface area contributed by atoms with E-state index in [4.69, 9.17) is 19.4 Å². The Morgan fingerprint density at radius 2 is 1.82 bits per heavy atom. The molecule has 0 aliphatic carbocycles. The second-order valence-electron chi connectivity index (χ2n) is 7.60. The Kier molecular flexibility index (Phi) is 7.54. The quantitative estimate of drug-likeness (QED) is 0.299. The van der Waals surface area contributed by atoms with E-state index in [1.54, 1.807) is 31.3 Å². The van der Waals surface area contributed by atoms with Gasteiger partial charge in [-0.05, 0) is 18.2 Å². The Bertz CT molecular complexity index is 1150. The van der Waals surface area contributed by atoms with E-state index < -0.39 is 5.97 Å². The van der Waals surface area contributed by atoms with Gasteiger partial charge in [0, 0.05) is 25.5 Å². The third-order valence-electron chi connectivity index (χ3n) is 5.46. The van der Waals surface area contributed by atoms with E-state index in [9.17, 15) is 9.59 Å². The molecule has 1 fully saturated rings. The molecular weight excluding hydrogens is 440 g/mol. The van der Waals surface area contributed by atoms with Crippen molar-refractivity contribution in [2.24, 2.45) is 0 Å². The number of esters is 1. The number of anilines is 1. The monoisotopic (exact) mass is 466 g/mol. The van der Waals surface area contributed by atoms with E-state index in [1.807, 2.05) is 24.3 Å². The Balaban J connectivity index is 1.52.